The molecule has 1 aliphatic heterocycles. The lowest BCUT2D eigenvalue weighted by Crippen LogP contribution is -2.58. The fourth-order valence-corrected chi connectivity index (χ4v) is 3.96. The van der Waals surface area contributed by atoms with Crippen LogP contribution < -0.4 is 0 Å². The van der Waals surface area contributed by atoms with E-state index in [4.69, 9.17) is 0 Å². The first-order chi connectivity index (χ1) is 14.7. The van der Waals surface area contributed by atoms with E-state index in [0.29, 0.717) is 26.2 Å². The van der Waals surface area contributed by atoms with Crippen LogP contribution in [0.4, 0.5) is 13.2 Å². The first-order valence-electron chi connectivity index (χ1n) is 10.00. The third-order valence-corrected chi connectivity index (χ3v) is 5.74. The molecule has 0 radical (unpaired) electrons. The number of aryl methyl sites for hydroxylation is 1. The van der Waals surface area contributed by atoms with Crippen molar-refractivity contribution in [2.75, 3.05) is 39.8 Å². The molecule has 1 aromatic carbocycles. The highest BCUT2D eigenvalue weighted by atomic mass is 19.4. The number of aliphatic hydroxyl groups is 1. The smallest absolute Gasteiger partial charge is 0.425 e. The number of nitrogens with zero attached hydrogens (tertiary/aromatic N) is 4. The monoisotopic (exact) mass is 440 g/mol. The molecule has 1 fully saturated rings. The average Bonchev–Trinajstić information content (AvgIpc) is 3.18. The summed E-state index contributed by atoms with van der Waals surface area (Å²) in [5, 5.41) is 10.9. The summed E-state index contributed by atoms with van der Waals surface area (Å²) in [6.07, 6.45) is -2.68. The summed E-state index contributed by atoms with van der Waals surface area (Å²) >= 11 is 0. The van der Waals surface area contributed by atoms with Crippen molar-refractivity contribution in [1.29, 1.82) is 0 Å². The van der Waals surface area contributed by atoms with Gasteiger partial charge in [0.25, 0.3) is 0 Å². The van der Waals surface area contributed by atoms with Gasteiger partial charge >= 0.3 is 12.1 Å². The van der Waals surface area contributed by atoms with Gasteiger partial charge in [0.15, 0.2) is 5.82 Å². The van der Waals surface area contributed by atoms with Crippen LogP contribution in [0.25, 0.3) is 0 Å². The molecule has 0 saturated carbocycles. The highest BCUT2D eigenvalue weighted by molar-refractivity contribution is 5.74. The number of carbonyl (C=O) groups excluding carboxylic acids is 1. The van der Waals surface area contributed by atoms with Gasteiger partial charge in [-0.3, -0.25) is 14.6 Å². The third-order valence-electron chi connectivity index (χ3n) is 5.74. The number of aromatic nitrogens is 2. The quantitative estimate of drug-likeness (QED) is 0.662. The number of halogens is 3. The molecule has 2 atom stereocenters. The minimum absolute atomic E-state index is 0.297. The summed E-state index contributed by atoms with van der Waals surface area (Å²) in [4.78, 5) is 20.1. The predicted molar refractivity (Wildman–Crippen MR) is 107 cm³/mol. The molecule has 3 rings (SSSR count). The molecule has 1 saturated heterocycles. The maximum absolute atomic E-state index is 14.1. The summed E-state index contributed by atoms with van der Waals surface area (Å²) < 4.78 is 48.1. The van der Waals surface area contributed by atoms with Crippen LogP contribution in [0.5, 0.6) is 0 Å². The van der Waals surface area contributed by atoms with E-state index >= 15 is 0 Å². The number of imidazole rings is 1. The lowest BCUT2D eigenvalue weighted by Gasteiger charge is -2.40. The highest BCUT2D eigenvalue weighted by Gasteiger charge is 2.65. The van der Waals surface area contributed by atoms with E-state index in [1.54, 1.807) is 4.90 Å². The Morgan fingerprint density at radius 3 is 2.29 bits per heavy atom. The molecule has 10 heteroatoms. The number of piperazine rings is 1. The van der Waals surface area contributed by atoms with Gasteiger partial charge in [-0.25, -0.2) is 4.98 Å². The Bertz CT molecular complexity index is 866. The zero-order valence-corrected chi connectivity index (χ0v) is 17.5. The van der Waals surface area contributed by atoms with E-state index in [1.165, 1.54) is 13.2 Å². The second-order valence-electron chi connectivity index (χ2n) is 7.76. The van der Waals surface area contributed by atoms with Crippen molar-refractivity contribution >= 4 is 5.97 Å². The van der Waals surface area contributed by atoms with Crippen LogP contribution in [0.1, 0.15) is 11.4 Å². The van der Waals surface area contributed by atoms with E-state index in [2.05, 4.69) is 14.6 Å². The summed E-state index contributed by atoms with van der Waals surface area (Å²) in [6.45, 7) is 2.65. The molecule has 0 amide bonds. The standard InChI is InChI=1S/C21H27F3N4O3/c1-26-9-8-25-19(26)20(30,21(22,23)24)17(18(29)31-2)15-28-12-10-27(11-13-28)14-16-6-4-3-5-7-16/h3-9,17,30H,10-15H2,1-2H3. The lowest BCUT2D eigenvalue weighted by molar-refractivity contribution is -0.291. The predicted octanol–water partition coefficient (Wildman–Crippen LogP) is 1.78. The van der Waals surface area contributed by atoms with Gasteiger partial charge in [-0.15, -0.1) is 0 Å². The van der Waals surface area contributed by atoms with Gasteiger partial charge in [-0.1, -0.05) is 30.3 Å². The largest absolute Gasteiger partial charge is 0.469 e. The second-order valence-corrected chi connectivity index (χ2v) is 7.76. The molecule has 0 aliphatic carbocycles. The van der Waals surface area contributed by atoms with Crippen molar-refractivity contribution in [2.24, 2.45) is 13.0 Å². The maximum atomic E-state index is 14.1. The maximum Gasteiger partial charge on any atom is 0.425 e. The van der Waals surface area contributed by atoms with Crippen LogP contribution in [0.15, 0.2) is 42.7 Å². The topological polar surface area (TPSA) is 70.8 Å². The van der Waals surface area contributed by atoms with Crippen molar-refractivity contribution in [3.63, 3.8) is 0 Å². The Labute approximate surface area is 179 Å². The van der Waals surface area contributed by atoms with Gasteiger partial charge in [-0.05, 0) is 5.56 Å². The van der Waals surface area contributed by atoms with E-state index < -0.39 is 29.5 Å². The number of ether oxygens (including phenoxy) is 1. The Kier molecular flexibility index (Phi) is 7.03. The molecule has 7 nitrogen and oxygen atoms in total. The van der Waals surface area contributed by atoms with Gasteiger partial charge in [0.2, 0.25) is 5.60 Å². The summed E-state index contributed by atoms with van der Waals surface area (Å²) in [6, 6.07) is 9.91. The molecule has 2 heterocycles. The molecule has 1 N–H and O–H groups in total. The first-order valence-corrected chi connectivity index (χ1v) is 10.00. The minimum atomic E-state index is -5.12. The summed E-state index contributed by atoms with van der Waals surface area (Å²) in [5.74, 6) is -3.65. The highest BCUT2D eigenvalue weighted by Crippen LogP contribution is 2.44. The van der Waals surface area contributed by atoms with Gasteiger partial charge in [0.05, 0.1) is 7.11 Å². The van der Waals surface area contributed by atoms with Crippen LogP contribution in [0.3, 0.4) is 0 Å². The first kappa shape index (κ1) is 23.2. The minimum Gasteiger partial charge on any atom is -0.469 e. The molecule has 2 unspecified atom stereocenters. The number of hydrogen-bond donors (Lipinski definition) is 1. The van der Waals surface area contributed by atoms with Crippen LogP contribution in [0.2, 0.25) is 0 Å². The van der Waals surface area contributed by atoms with E-state index in [-0.39, 0.29) is 6.54 Å². The van der Waals surface area contributed by atoms with Crippen LogP contribution in [-0.2, 0) is 28.7 Å². The number of benzene rings is 1. The Morgan fingerprint density at radius 1 is 1.16 bits per heavy atom. The number of hydrogen-bond acceptors (Lipinski definition) is 6. The SMILES string of the molecule is COC(=O)C(CN1CCN(Cc2ccccc2)CC1)C(O)(c1nccn1C)C(F)(F)F. The summed E-state index contributed by atoms with van der Waals surface area (Å²) in [7, 11) is 2.36. The number of rotatable bonds is 7. The van der Waals surface area contributed by atoms with Gasteiger partial charge in [0, 0.05) is 58.7 Å². The molecule has 31 heavy (non-hydrogen) atoms. The van der Waals surface area contributed by atoms with Crippen molar-refractivity contribution in [2.45, 2.75) is 18.3 Å². The van der Waals surface area contributed by atoms with E-state index in [9.17, 15) is 23.1 Å². The zero-order chi connectivity index (χ0) is 22.6. The third kappa shape index (κ3) is 4.91. The van der Waals surface area contributed by atoms with Crippen LogP contribution >= 0.6 is 0 Å². The van der Waals surface area contributed by atoms with Crippen molar-refractivity contribution in [1.82, 2.24) is 19.4 Å². The summed E-state index contributed by atoms with van der Waals surface area (Å²) in [5.41, 5.74) is -2.32. The second kappa shape index (κ2) is 9.37. The molecule has 1 aromatic heterocycles. The van der Waals surface area contributed by atoms with Crippen molar-refractivity contribution in [3.05, 3.63) is 54.1 Å². The normalized spacial score (nSPS) is 19.0. The Hall–Kier alpha value is -2.43. The van der Waals surface area contributed by atoms with Crippen molar-refractivity contribution < 1.29 is 27.8 Å². The van der Waals surface area contributed by atoms with Gasteiger partial charge < -0.3 is 14.4 Å². The average molecular weight is 440 g/mol. The zero-order valence-electron chi connectivity index (χ0n) is 17.5. The number of methoxy groups -OCH3 is 1. The Balaban J connectivity index is 1.76. The lowest BCUT2D eigenvalue weighted by atomic mass is 9.84. The number of carbonyl (C=O) groups is 1. The molecule has 0 bridgehead atoms. The molecule has 2 aromatic rings. The fraction of sp³-hybridized carbons (Fsp3) is 0.524. The van der Waals surface area contributed by atoms with E-state index in [0.717, 1.165) is 30.0 Å². The molecular formula is C21H27F3N4O3. The number of esters is 1. The van der Waals surface area contributed by atoms with Crippen LogP contribution in [0, 0.1) is 5.92 Å². The molecular weight excluding hydrogens is 413 g/mol. The molecule has 1 aliphatic rings. The van der Waals surface area contributed by atoms with E-state index in [1.807, 2.05) is 30.3 Å². The molecule has 170 valence electrons. The van der Waals surface area contributed by atoms with Gasteiger partial charge in [-0.2, -0.15) is 13.2 Å². The van der Waals surface area contributed by atoms with Gasteiger partial charge in [0.1, 0.15) is 5.92 Å². The molecule has 0 spiro atoms. The Morgan fingerprint density at radius 2 is 1.77 bits per heavy atom. The van der Waals surface area contributed by atoms with Crippen molar-refractivity contribution in [3.8, 4) is 0 Å². The van der Waals surface area contributed by atoms with Crippen LogP contribution in [-0.4, -0.2) is 76.4 Å². The fourth-order valence-electron chi connectivity index (χ4n) is 3.96. The number of alkyl halides is 3.